The summed E-state index contributed by atoms with van der Waals surface area (Å²) < 4.78 is 4.83. The molecule has 0 aromatic heterocycles. The lowest BCUT2D eigenvalue weighted by molar-refractivity contribution is -0.134. The Morgan fingerprint density at radius 1 is 1.44 bits per heavy atom. The summed E-state index contributed by atoms with van der Waals surface area (Å²) >= 11 is 0. The smallest absolute Gasteiger partial charge is 0.331 e. The number of hydrogen-bond donors (Lipinski definition) is 1. The number of aliphatic hydroxyl groups excluding tert-OH is 1. The van der Waals surface area contributed by atoms with Gasteiger partial charge in [0.15, 0.2) is 0 Å². The van der Waals surface area contributed by atoms with E-state index in [0.29, 0.717) is 13.0 Å². The van der Waals surface area contributed by atoms with Crippen LogP contribution in [-0.2, 0) is 9.53 Å². The van der Waals surface area contributed by atoms with E-state index in [1.807, 2.05) is 32.9 Å². The van der Waals surface area contributed by atoms with Crippen LogP contribution in [-0.4, -0.2) is 23.8 Å². The highest BCUT2D eigenvalue weighted by atomic mass is 16.5. The maximum absolute atomic E-state index is 10.8. The summed E-state index contributed by atoms with van der Waals surface area (Å²) in [7, 11) is 0. The summed E-state index contributed by atoms with van der Waals surface area (Å²) in [5.74, 6) is -0.241. The fraction of sp³-hybridized carbons (Fsp3) is 0.533. The van der Waals surface area contributed by atoms with E-state index < -0.39 is 6.10 Å². The summed E-state index contributed by atoms with van der Waals surface area (Å²) in [5, 5.41) is 9.89. The van der Waals surface area contributed by atoms with Gasteiger partial charge in [-0.1, -0.05) is 17.7 Å². The normalized spacial score (nSPS) is 17.2. The van der Waals surface area contributed by atoms with Gasteiger partial charge in [0, 0.05) is 6.08 Å². The van der Waals surface area contributed by atoms with Gasteiger partial charge in [0.05, 0.1) is 6.10 Å². The second-order valence-electron chi connectivity index (χ2n) is 4.93. The van der Waals surface area contributed by atoms with Gasteiger partial charge in [0.2, 0.25) is 0 Å². The van der Waals surface area contributed by atoms with E-state index in [4.69, 9.17) is 4.74 Å². The maximum Gasteiger partial charge on any atom is 0.331 e. The quantitative estimate of drug-likeness (QED) is 0.582. The van der Waals surface area contributed by atoms with Gasteiger partial charge in [0.25, 0.3) is 0 Å². The minimum atomic E-state index is -0.407. The molecule has 100 valence electrons. The van der Waals surface area contributed by atoms with Gasteiger partial charge in [0.1, 0.15) is 6.61 Å². The van der Waals surface area contributed by atoms with Crippen LogP contribution in [0.5, 0.6) is 0 Å². The van der Waals surface area contributed by atoms with E-state index in [0.717, 1.165) is 24.0 Å². The van der Waals surface area contributed by atoms with Crippen molar-refractivity contribution < 1.29 is 14.6 Å². The molecule has 0 amide bonds. The lowest BCUT2D eigenvalue weighted by atomic mass is 10.0. The Morgan fingerprint density at radius 3 is 2.72 bits per heavy atom. The first-order chi connectivity index (χ1) is 8.49. The highest BCUT2D eigenvalue weighted by Crippen LogP contribution is 2.15. The zero-order valence-electron chi connectivity index (χ0n) is 11.4. The van der Waals surface area contributed by atoms with Crippen molar-refractivity contribution in [3.05, 3.63) is 34.9 Å². The first-order valence-corrected chi connectivity index (χ1v) is 6.33. The molecule has 0 aliphatic carbocycles. The van der Waals surface area contributed by atoms with Crippen molar-refractivity contribution in [2.45, 2.75) is 46.1 Å². The molecular formula is C15H22O3. The number of rotatable bonds is 6. The summed E-state index contributed by atoms with van der Waals surface area (Å²) in [6.07, 6.45) is 7.53. The zero-order chi connectivity index (χ0) is 13.5. The molecule has 1 atom stereocenters. The van der Waals surface area contributed by atoms with Gasteiger partial charge >= 0.3 is 5.97 Å². The number of carbonyl (C=O) groups excluding carboxylic acids is 1. The molecule has 0 bridgehead atoms. The van der Waals surface area contributed by atoms with E-state index in [-0.39, 0.29) is 5.97 Å². The number of hydrogen-bond acceptors (Lipinski definition) is 3. The molecule has 3 nitrogen and oxygen atoms in total. The molecule has 18 heavy (non-hydrogen) atoms. The van der Waals surface area contributed by atoms with Crippen LogP contribution in [0.15, 0.2) is 34.9 Å². The number of aliphatic hydroxyl groups is 1. The lowest BCUT2D eigenvalue weighted by Crippen LogP contribution is -2.06. The molecule has 1 rings (SSSR count). The Bertz CT molecular complexity index is 385. The molecule has 0 saturated heterocycles. The average Bonchev–Trinajstić information content (AvgIpc) is 2.71. The molecule has 3 heteroatoms. The van der Waals surface area contributed by atoms with Crippen molar-refractivity contribution in [1.29, 1.82) is 0 Å². The van der Waals surface area contributed by atoms with Crippen molar-refractivity contribution in [2.24, 2.45) is 0 Å². The summed E-state index contributed by atoms with van der Waals surface area (Å²) in [6.45, 7) is 6.41. The van der Waals surface area contributed by atoms with Crippen LogP contribution in [0.4, 0.5) is 0 Å². The van der Waals surface area contributed by atoms with Gasteiger partial charge in [-0.2, -0.15) is 0 Å². The molecule has 0 radical (unpaired) electrons. The van der Waals surface area contributed by atoms with Crippen LogP contribution in [0.1, 0.15) is 40.0 Å². The largest absolute Gasteiger partial charge is 0.458 e. The van der Waals surface area contributed by atoms with E-state index in [1.165, 1.54) is 5.57 Å². The van der Waals surface area contributed by atoms with Crippen LogP contribution in [0, 0.1) is 0 Å². The van der Waals surface area contributed by atoms with E-state index in [9.17, 15) is 9.90 Å². The molecule has 1 N–H and O–H groups in total. The number of cyclic esters (lactones) is 1. The molecule has 1 aliphatic rings. The Hall–Kier alpha value is -1.35. The molecule has 0 aromatic carbocycles. The third-order valence-corrected chi connectivity index (χ3v) is 2.93. The van der Waals surface area contributed by atoms with E-state index >= 15 is 0 Å². The molecular weight excluding hydrogens is 228 g/mol. The zero-order valence-corrected chi connectivity index (χ0v) is 11.4. The monoisotopic (exact) mass is 250 g/mol. The predicted molar refractivity (Wildman–Crippen MR) is 72.1 cm³/mol. The van der Waals surface area contributed by atoms with Crippen LogP contribution in [0.3, 0.4) is 0 Å². The molecule has 1 aliphatic heterocycles. The molecule has 0 saturated carbocycles. The first kappa shape index (κ1) is 14.7. The topological polar surface area (TPSA) is 46.5 Å². The number of carbonyl (C=O) groups is 1. The minimum absolute atomic E-state index is 0.241. The summed E-state index contributed by atoms with van der Waals surface area (Å²) in [6, 6.07) is 0. The fourth-order valence-corrected chi connectivity index (χ4v) is 1.71. The van der Waals surface area contributed by atoms with Crippen LogP contribution in [0.25, 0.3) is 0 Å². The van der Waals surface area contributed by atoms with Gasteiger partial charge in [-0.3, -0.25) is 0 Å². The highest BCUT2D eigenvalue weighted by Gasteiger charge is 2.11. The van der Waals surface area contributed by atoms with Gasteiger partial charge in [-0.05, 0) is 51.2 Å². The van der Waals surface area contributed by atoms with Crippen LogP contribution < -0.4 is 0 Å². The Kier molecular flexibility index (Phi) is 5.86. The second-order valence-corrected chi connectivity index (χ2v) is 4.93. The Balaban J connectivity index is 2.35. The third kappa shape index (κ3) is 5.32. The van der Waals surface area contributed by atoms with Crippen molar-refractivity contribution in [2.75, 3.05) is 6.61 Å². The van der Waals surface area contributed by atoms with Crippen LogP contribution >= 0.6 is 0 Å². The van der Waals surface area contributed by atoms with Crippen LogP contribution in [0.2, 0.25) is 0 Å². The van der Waals surface area contributed by atoms with Crippen molar-refractivity contribution in [1.82, 2.24) is 0 Å². The molecule has 1 heterocycles. The number of esters is 1. The molecule has 0 spiro atoms. The number of ether oxygens (including phenoxy) is 1. The number of allylic oxidation sites excluding steroid dienone is 2. The summed E-state index contributed by atoms with van der Waals surface area (Å²) in [5.41, 5.74) is 3.23. The second kappa shape index (κ2) is 7.17. The van der Waals surface area contributed by atoms with Crippen molar-refractivity contribution >= 4 is 5.97 Å². The van der Waals surface area contributed by atoms with E-state index in [2.05, 4.69) is 0 Å². The molecule has 0 aromatic rings. The molecule has 0 fully saturated rings. The Morgan fingerprint density at radius 2 is 2.17 bits per heavy atom. The minimum Gasteiger partial charge on any atom is -0.458 e. The predicted octanol–water partition coefficient (Wildman–Crippen LogP) is 2.91. The fourth-order valence-electron chi connectivity index (χ4n) is 1.71. The van der Waals surface area contributed by atoms with Crippen molar-refractivity contribution in [3.8, 4) is 0 Å². The molecule has 0 unspecified atom stereocenters. The first-order valence-electron chi connectivity index (χ1n) is 6.33. The highest BCUT2D eigenvalue weighted by molar-refractivity contribution is 5.85. The van der Waals surface area contributed by atoms with E-state index in [1.54, 1.807) is 6.08 Å². The lowest BCUT2D eigenvalue weighted by Gasteiger charge is -2.09. The third-order valence-electron chi connectivity index (χ3n) is 2.93. The van der Waals surface area contributed by atoms with Gasteiger partial charge in [-0.25, -0.2) is 4.79 Å². The summed E-state index contributed by atoms with van der Waals surface area (Å²) in [4.78, 5) is 10.8. The average molecular weight is 250 g/mol. The standard InChI is InChI=1S/C15H22O3/c1-11(2)7-8-14(16)12(3)5-4-6-13-9-15(17)18-10-13/h5,7,9,14,16H,4,6,8,10H2,1-3H3/b12-5+/t14-/m1/s1. The van der Waals surface area contributed by atoms with Gasteiger partial charge in [-0.15, -0.1) is 0 Å². The maximum atomic E-state index is 10.8. The Labute approximate surface area is 109 Å². The van der Waals surface area contributed by atoms with Crippen molar-refractivity contribution in [3.63, 3.8) is 0 Å². The SMILES string of the molecule is CC(C)=CC[C@@H](O)/C(C)=C/CCC1=CC(=O)OC1. The van der Waals surface area contributed by atoms with Gasteiger partial charge < -0.3 is 9.84 Å².